The van der Waals surface area contributed by atoms with Crippen molar-refractivity contribution in [1.29, 1.82) is 0 Å². The average molecular weight is 813 g/mol. The van der Waals surface area contributed by atoms with Gasteiger partial charge in [-0.1, -0.05) is 166 Å². The predicted molar refractivity (Wildman–Crippen MR) is 268 cm³/mol. The van der Waals surface area contributed by atoms with Crippen LogP contribution in [-0.4, -0.2) is 8.07 Å². The van der Waals surface area contributed by atoms with E-state index in [4.69, 9.17) is 0 Å². The summed E-state index contributed by atoms with van der Waals surface area (Å²) in [5, 5.41) is 8.05. The number of fused-ring (bicyclic) bond motifs is 10. The fourth-order valence-corrected chi connectivity index (χ4v) is 14.0. The van der Waals surface area contributed by atoms with Gasteiger partial charge in [0.1, 0.15) is 8.07 Å². The lowest BCUT2D eigenvalue weighted by Crippen LogP contribution is -2.58. The number of rotatable bonds is 4. The van der Waals surface area contributed by atoms with Crippen molar-refractivity contribution in [3.05, 3.63) is 215 Å². The summed E-state index contributed by atoms with van der Waals surface area (Å²) in [5.41, 5.74) is 18.1. The summed E-state index contributed by atoms with van der Waals surface area (Å²) < 4.78 is 0. The molecule has 2 nitrogen and oxygen atoms in total. The number of benzene rings is 9. The van der Waals surface area contributed by atoms with Gasteiger partial charge in [-0.15, -0.1) is 0 Å². The molecule has 0 atom stereocenters. The summed E-state index contributed by atoms with van der Waals surface area (Å²) >= 11 is 0. The van der Waals surface area contributed by atoms with Gasteiger partial charge in [-0.25, -0.2) is 0 Å². The molecule has 1 aliphatic carbocycles. The van der Waals surface area contributed by atoms with Crippen molar-refractivity contribution < 1.29 is 0 Å². The molecule has 9 aromatic rings. The van der Waals surface area contributed by atoms with Gasteiger partial charge in [0.25, 0.3) is 0 Å². The zero-order valence-electron chi connectivity index (χ0n) is 35.8. The van der Waals surface area contributed by atoms with Gasteiger partial charge in [-0.05, 0) is 144 Å². The van der Waals surface area contributed by atoms with Crippen LogP contribution in [0, 0.1) is 0 Å². The maximum Gasteiger partial charge on any atom is 0.117 e. The van der Waals surface area contributed by atoms with E-state index in [-0.39, 0.29) is 5.41 Å². The van der Waals surface area contributed by atoms with E-state index in [1.807, 2.05) is 0 Å². The van der Waals surface area contributed by atoms with E-state index in [2.05, 4.69) is 231 Å². The molecule has 0 fully saturated rings. The van der Waals surface area contributed by atoms with E-state index < -0.39 is 8.07 Å². The van der Waals surface area contributed by atoms with E-state index in [9.17, 15) is 0 Å². The number of nitrogens with zero attached hydrogens (tertiary/aromatic N) is 2. The van der Waals surface area contributed by atoms with Crippen molar-refractivity contribution in [2.24, 2.45) is 0 Å². The Bertz CT molecular complexity index is 3240. The van der Waals surface area contributed by atoms with Crippen LogP contribution >= 0.6 is 0 Å². The Hall–Kier alpha value is -6.94. The van der Waals surface area contributed by atoms with Gasteiger partial charge >= 0.3 is 0 Å². The van der Waals surface area contributed by atoms with E-state index in [1.165, 1.54) is 111 Å². The van der Waals surface area contributed by atoms with Crippen molar-refractivity contribution in [3.8, 4) is 11.1 Å². The Morgan fingerprint density at radius 1 is 0.435 bits per heavy atom. The van der Waals surface area contributed by atoms with Gasteiger partial charge in [0.2, 0.25) is 0 Å². The third kappa shape index (κ3) is 5.61. The molecule has 2 aliphatic heterocycles. The van der Waals surface area contributed by atoms with Crippen LogP contribution in [-0.2, 0) is 18.3 Å². The molecule has 0 saturated heterocycles. The van der Waals surface area contributed by atoms with Crippen molar-refractivity contribution >= 4 is 86.3 Å². The molecule has 62 heavy (non-hydrogen) atoms. The number of hydrogen-bond acceptors (Lipinski definition) is 2. The fourth-order valence-electron chi connectivity index (χ4n) is 11.0. The van der Waals surface area contributed by atoms with Gasteiger partial charge in [-0.3, -0.25) is 0 Å². The maximum atomic E-state index is 2.51. The molecule has 298 valence electrons. The first-order valence-corrected chi connectivity index (χ1v) is 25.1. The molecular formula is C59H48N2Si. The summed E-state index contributed by atoms with van der Waals surface area (Å²) in [6, 6.07) is 68.6. The highest BCUT2D eigenvalue weighted by molar-refractivity contribution is 7.02. The number of aryl methyl sites for hydroxylation is 2. The van der Waals surface area contributed by atoms with Gasteiger partial charge < -0.3 is 9.80 Å². The summed E-state index contributed by atoms with van der Waals surface area (Å²) in [7, 11) is -1.85. The third-order valence-corrected chi connectivity index (χ3v) is 17.8. The van der Waals surface area contributed by atoms with Crippen LogP contribution in [0.15, 0.2) is 182 Å². The lowest BCUT2D eigenvalue weighted by atomic mass is 9.81. The normalized spacial score (nSPS) is 15.4. The van der Waals surface area contributed by atoms with Crippen LogP contribution in [0.3, 0.4) is 0 Å². The van der Waals surface area contributed by atoms with Gasteiger partial charge in [0.15, 0.2) is 0 Å². The Kier molecular flexibility index (Phi) is 8.20. The molecule has 0 bridgehead atoms. The first kappa shape index (κ1) is 36.9. The van der Waals surface area contributed by atoms with E-state index in [0.29, 0.717) is 0 Å². The van der Waals surface area contributed by atoms with E-state index in [0.717, 1.165) is 12.8 Å². The van der Waals surface area contributed by atoms with Gasteiger partial charge in [-0.2, -0.15) is 0 Å². The van der Waals surface area contributed by atoms with Gasteiger partial charge in [0, 0.05) is 39.5 Å². The average Bonchev–Trinajstić information content (AvgIpc) is 3.40. The molecule has 0 N–H and O–H groups in total. The van der Waals surface area contributed by atoms with Crippen LogP contribution in [0.2, 0.25) is 13.1 Å². The molecule has 0 amide bonds. The molecular weight excluding hydrogens is 765 g/mol. The molecule has 0 aromatic heterocycles. The summed E-state index contributed by atoms with van der Waals surface area (Å²) in [6.07, 6.45) is 6.64. The Morgan fingerprint density at radius 2 is 0.887 bits per heavy atom. The molecule has 3 aliphatic rings. The van der Waals surface area contributed by atoms with E-state index in [1.54, 1.807) is 0 Å². The number of para-hydroxylation sites is 4. The number of hydrogen-bond donors (Lipinski definition) is 0. The van der Waals surface area contributed by atoms with Crippen LogP contribution in [0.4, 0.5) is 34.1 Å². The molecule has 0 spiro atoms. The SMILES string of the molecule is CC1(C)c2cc(C=Cc3ccc4c(ccc5cc(N6c7ccccc7CCc7ccccc76)ccc54)c3)ccc2-c2ccc(N3c4ccccc4[Si](C)(C)c4ccccc43)cc21. The lowest BCUT2D eigenvalue weighted by molar-refractivity contribution is 0.660. The Morgan fingerprint density at radius 3 is 1.53 bits per heavy atom. The summed E-state index contributed by atoms with van der Waals surface area (Å²) in [6.45, 7) is 9.77. The monoisotopic (exact) mass is 812 g/mol. The quantitative estimate of drug-likeness (QED) is 0.0992. The van der Waals surface area contributed by atoms with Crippen molar-refractivity contribution in [2.75, 3.05) is 9.80 Å². The minimum Gasteiger partial charge on any atom is -0.311 e. The molecule has 0 saturated carbocycles. The Labute approximate surface area is 366 Å². The third-order valence-electron chi connectivity index (χ3n) is 14.3. The minimum absolute atomic E-state index is 0.142. The first-order chi connectivity index (χ1) is 30.2. The molecule has 0 unspecified atom stereocenters. The second-order valence-electron chi connectivity index (χ2n) is 18.5. The highest BCUT2D eigenvalue weighted by atomic mass is 28.3. The van der Waals surface area contributed by atoms with Crippen molar-refractivity contribution in [1.82, 2.24) is 0 Å². The van der Waals surface area contributed by atoms with E-state index >= 15 is 0 Å². The highest BCUT2D eigenvalue weighted by Crippen LogP contribution is 2.51. The maximum absolute atomic E-state index is 2.51. The smallest absolute Gasteiger partial charge is 0.117 e. The van der Waals surface area contributed by atoms with Crippen LogP contribution in [0.1, 0.15) is 47.2 Å². The predicted octanol–water partition coefficient (Wildman–Crippen LogP) is 14.6. The highest BCUT2D eigenvalue weighted by Gasteiger charge is 2.40. The second-order valence-corrected chi connectivity index (χ2v) is 22.9. The molecule has 2 heterocycles. The van der Waals surface area contributed by atoms with Crippen LogP contribution in [0.5, 0.6) is 0 Å². The first-order valence-electron chi connectivity index (χ1n) is 22.1. The van der Waals surface area contributed by atoms with Gasteiger partial charge in [0.05, 0.1) is 0 Å². The van der Waals surface area contributed by atoms with Crippen molar-refractivity contribution in [2.45, 2.75) is 45.2 Å². The number of anilines is 6. The fraction of sp³-hybridized carbons (Fsp3) is 0.119. The molecule has 12 rings (SSSR count). The van der Waals surface area contributed by atoms with Crippen LogP contribution in [0.25, 0.3) is 44.8 Å². The zero-order chi connectivity index (χ0) is 41.7. The molecule has 0 radical (unpaired) electrons. The Balaban J connectivity index is 0.844. The second kappa shape index (κ2) is 13.8. The lowest BCUT2D eigenvalue weighted by Gasteiger charge is -2.41. The standard InChI is InChI=1S/C59H48N2Si/c1-59(2)51-36-40(24-32-49(51)50-34-30-46(38-52(50)59)61-55-17-9-11-19-57(55)62(3,4)58-20-12-10-18-56(58)61)22-21-39-23-31-47-43(35-39)27-28-44-37-45(29-33-48(44)47)60-53-15-7-5-13-41(53)25-26-42-14-6-8-16-54(42)60/h5-24,27-38H,25-26H2,1-4H3. The topological polar surface area (TPSA) is 6.48 Å². The molecule has 9 aromatic carbocycles. The zero-order valence-corrected chi connectivity index (χ0v) is 36.8. The largest absolute Gasteiger partial charge is 0.311 e. The van der Waals surface area contributed by atoms with Crippen molar-refractivity contribution in [3.63, 3.8) is 0 Å². The van der Waals surface area contributed by atoms with Crippen LogP contribution < -0.4 is 20.2 Å². The summed E-state index contributed by atoms with van der Waals surface area (Å²) in [5.74, 6) is 0. The summed E-state index contributed by atoms with van der Waals surface area (Å²) in [4.78, 5) is 4.97. The molecule has 3 heteroatoms. The minimum atomic E-state index is -1.85.